The molecular weight excluding hydrogens is 372 g/mol. The van der Waals surface area contributed by atoms with Crippen molar-refractivity contribution in [3.8, 4) is 5.69 Å². The van der Waals surface area contributed by atoms with Gasteiger partial charge < -0.3 is 10.1 Å². The first kappa shape index (κ1) is 18.2. The topological polar surface area (TPSA) is 114 Å². The van der Waals surface area contributed by atoms with Gasteiger partial charge in [-0.2, -0.15) is 10.1 Å². The van der Waals surface area contributed by atoms with E-state index in [1.165, 1.54) is 6.20 Å². The van der Waals surface area contributed by atoms with Gasteiger partial charge in [-0.15, -0.1) is 0 Å². The van der Waals surface area contributed by atoms with Gasteiger partial charge >= 0.3 is 6.09 Å². The molecule has 2 aromatic carbocycles. The maximum atomic E-state index is 12.4. The van der Waals surface area contributed by atoms with E-state index in [1.54, 1.807) is 35.9 Å². The molecule has 2 heterocycles. The van der Waals surface area contributed by atoms with E-state index >= 15 is 0 Å². The van der Waals surface area contributed by atoms with Crippen LogP contribution in [-0.4, -0.2) is 32.4 Å². The maximum absolute atomic E-state index is 12.4. The van der Waals surface area contributed by atoms with Crippen LogP contribution in [-0.2, 0) is 4.74 Å². The summed E-state index contributed by atoms with van der Waals surface area (Å²) < 4.78 is 6.46. The lowest BCUT2D eigenvalue weighted by Crippen LogP contribution is -2.13. The number of nitrogens with one attached hydrogen (secondary N) is 3. The molecule has 9 heteroatoms. The largest absolute Gasteiger partial charge is 0.450 e. The number of hydrogen-bond donors (Lipinski definition) is 3. The van der Waals surface area contributed by atoms with E-state index in [1.807, 2.05) is 30.3 Å². The van der Waals surface area contributed by atoms with Gasteiger partial charge in [0, 0.05) is 11.4 Å². The minimum atomic E-state index is -0.515. The Labute approximate surface area is 165 Å². The predicted molar refractivity (Wildman–Crippen MR) is 110 cm³/mol. The molecule has 0 radical (unpaired) electrons. The fraction of sp³-hybridized carbons (Fsp3) is 0.100. The second-order valence-corrected chi connectivity index (χ2v) is 6.09. The second kappa shape index (κ2) is 7.85. The quantitative estimate of drug-likeness (QED) is 0.481. The molecular formula is C20H18N6O3. The molecule has 146 valence electrons. The van der Waals surface area contributed by atoms with Gasteiger partial charge in [-0.1, -0.05) is 18.2 Å². The zero-order valence-electron chi connectivity index (χ0n) is 15.5. The van der Waals surface area contributed by atoms with Gasteiger partial charge in [-0.25, -0.2) is 9.48 Å². The van der Waals surface area contributed by atoms with Crippen molar-refractivity contribution in [2.45, 2.75) is 6.92 Å². The van der Waals surface area contributed by atoms with E-state index in [0.29, 0.717) is 29.0 Å². The lowest BCUT2D eigenvalue weighted by atomic mass is 10.3. The van der Waals surface area contributed by atoms with Gasteiger partial charge in [0.1, 0.15) is 5.39 Å². The molecule has 0 saturated heterocycles. The third-order valence-electron chi connectivity index (χ3n) is 4.11. The van der Waals surface area contributed by atoms with Crippen LogP contribution >= 0.6 is 0 Å². The first-order chi connectivity index (χ1) is 14.1. The smallest absolute Gasteiger partial charge is 0.411 e. The number of hydrogen-bond acceptors (Lipinski definition) is 6. The molecule has 2 aromatic heterocycles. The second-order valence-electron chi connectivity index (χ2n) is 6.09. The summed E-state index contributed by atoms with van der Waals surface area (Å²) in [6.45, 7) is 2.04. The van der Waals surface area contributed by atoms with Crippen LogP contribution in [0.2, 0.25) is 0 Å². The van der Waals surface area contributed by atoms with E-state index in [9.17, 15) is 9.59 Å². The molecule has 1 amide bonds. The molecule has 0 atom stereocenters. The molecule has 3 N–H and O–H groups in total. The Kier molecular flexibility index (Phi) is 4.93. The van der Waals surface area contributed by atoms with Crippen LogP contribution in [0.5, 0.6) is 0 Å². The number of carbonyl (C=O) groups excluding carboxylic acids is 1. The van der Waals surface area contributed by atoms with Crippen molar-refractivity contribution in [2.75, 3.05) is 17.2 Å². The molecule has 0 aliphatic carbocycles. The highest BCUT2D eigenvalue weighted by Crippen LogP contribution is 2.19. The van der Waals surface area contributed by atoms with Crippen LogP contribution in [0, 0.1) is 0 Å². The summed E-state index contributed by atoms with van der Waals surface area (Å²) in [6.07, 6.45) is 0.979. The molecule has 0 fully saturated rings. The van der Waals surface area contributed by atoms with E-state index in [0.717, 1.165) is 5.69 Å². The summed E-state index contributed by atoms with van der Waals surface area (Å²) in [7, 11) is 0. The predicted octanol–water partition coefficient (Wildman–Crippen LogP) is 3.42. The number of fused-ring (bicyclic) bond motifs is 1. The molecule has 29 heavy (non-hydrogen) atoms. The first-order valence-corrected chi connectivity index (χ1v) is 8.98. The number of ether oxygens (including phenoxy) is 1. The highest BCUT2D eigenvalue weighted by molar-refractivity contribution is 5.85. The Bertz CT molecular complexity index is 1200. The van der Waals surface area contributed by atoms with E-state index in [-0.39, 0.29) is 11.5 Å². The number of aromatic amines is 1. The number of nitrogens with zero attached hydrogens (tertiary/aromatic N) is 3. The third-order valence-corrected chi connectivity index (χ3v) is 4.11. The maximum Gasteiger partial charge on any atom is 0.411 e. The van der Waals surface area contributed by atoms with Crippen molar-refractivity contribution in [1.29, 1.82) is 0 Å². The molecule has 4 rings (SSSR count). The number of rotatable bonds is 5. The molecule has 0 saturated carbocycles. The lowest BCUT2D eigenvalue weighted by Gasteiger charge is -2.08. The van der Waals surface area contributed by atoms with E-state index in [2.05, 4.69) is 25.7 Å². The standard InChI is InChI=1S/C20H18N6O3/c1-2-29-20(28)23-14-10-8-13(9-11-14)22-19-24-17-16(18(27)25-19)12-21-26(17)15-6-4-3-5-7-15/h3-12H,2H2,1H3,(H,23,28)(H2,22,24,25,27). The SMILES string of the molecule is CCOC(=O)Nc1ccc(Nc2nc3c(cnn3-c3ccccc3)c(=O)[nH]2)cc1. The van der Waals surface area contributed by atoms with Crippen LogP contribution < -0.4 is 16.2 Å². The fourth-order valence-electron chi connectivity index (χ4n) is 2.79. The summed E-state index contributed by atoms with van der Waals surface area (Å²) in [5.74, 6) is 0.284. The number of aromatic nitrogens is 4. The zero-order valence-corrected chi connectivity index (χ0v) is 15.5. The highest BCUT2D eigenvalue weighted by Gasteiger charge is 2.11. The van der Waals surface area contributed by atoms with Crippen molar-refractivity contribution in [1.82, 2.24) is 19.7 Å². The minimum absolute atomic E-state index is 0.284. The third kappa shape index (κ3) is 3.93. The van der Waals surface area contributed by atoms with Crippen LogP contribution in [0.1, 0.15) is 6.92 Å². The molecule has 4 aromatic rings. The molecule has 0 spiro atoms. The summed E-state index contributed by atoms with van der Waals surface area (Å²) in [4.78, 5) is 31.1. The Balaban J connectivity index is 1.60. The number of para-hydroxylation sites is 1. The monoisotopic (exact) mass is 390 g/mol. The van der Waals surface area contributed by atoms with Crippen molar-refractivity contribution < 1.29 is 9.53 Å². The van der Waals surface area contributed by atoms with Crippen LogP contribution in [0.3, 0.4) is 0 Å². The minimum Gasteiger partial charge on any atom is -0.450 e. The number of carbonyl (C=O) groups is 1. The summed E-state index contributed by atoms with van der Waals surface area (Å²) in [5, 5.41) is 10.4. The zero-order chi connectivity index (χ0) is 20.2. The first-order valence-electron chi connectivity index (χ1n) is 8.98. The highest BCUT2D eigenvalue weighted by atomic mass is 16.5. The summed E-state index contributed by atoms with van der Waals surface area (Å²) in [5.41, 5.74) is 2.24. The number of H-pyrrole nitrogens is 1. The molecule has 9 nitrogen and oxygen atoms in total. The van der Waals surface area contributed by atoms with Crippen molar-refractivity contribution in [3.05, 3.63) is 71.1 Å². The number of amides is 1. The average Bonchev–Trinajstić information content (AvgIpc) is 3.15. The Morgan fingerprint density at radius 1 is 1.10 bits per heavy atom. The normalized spacial score (nSPS) is 10.7. The van der Waals surface area contributed by atoms with Crippen LogP contribution in [0.25, 0.3) is 16.7 Å². The summed E-state index contributed by atoms with van der Waals surface area (Å²) in [6, 6.07) is 16.4. The van der Waals surface area contributed by atoms with Gasteiger partial charge in [0.25, 0.3) is 5.56 Å². The van der Waals surface area contributed by atoms with Gasteiger partial charge in [0.2, 0.25) is 5.95 Å². The molecule has 0 bridgehead atoms. The lowest BCUT2D eigenvalue weighted by molar-refractivity contribution is 0.168. The van der Waals surface area contributed by atoms with Crippen LogP contribution in [0.15, 0.2) is 65.6 Å². The van der Waals surface area contributed by atoms with Gasteiger partial charge in [0.15, 0.2) is 5.65 Å². The summed E-state index contributed by atoms with van der Waals surface area (Å²) >= 11 is 0. The van der Waals surface area contributed by atoms with E-state index in [4.69, 9.17) is 4.74 Å². The Morgan fingerprint density at radius 3 is 2.55 bits per heavy atom. The Hall–Kier alpha value is -4.14. The number of benzene rings is 2. The average molecular weight is 390 g/mol. The Morgan fingerprint density at radius 2 is 1.83 bits per heavy atom. The molecule has 0 aliphatic rings. The molecule has 0 unspecified atom stereocenters. The van der Waals surface area contributed by atoms with Crippen LogP contribution in [0.4, 0.5) is 22.1 Å². The number of anilines is 3. The van der Waals surface area contributed by atoms with Gasteiger partial charge in [-0.3, -0.25) is 15.1 Å². The fourth-order valence-corrected chi connectivity index (χ4v) is 2.79. The van der Waals surface area contributed by atoms with E-state index < -0.39 is 6.09 Å². The van der Waals surface area contributed by atoms with Gasteiger partial charge in [-0.05, 0) is 43.3 Å². The van der Waals surface area contributed by atoms with Crippen molar-refractivity contribution in [3.63, 3.8) is 0 Å². The van der Waals surface area contributed by atoms with Crippen molar-refractivity contribution in [2.24, 2.45) is 0 Å². The van der Waals surface area contributed by atoms with Crippen molar-refractivity contribution >= 4 is 34.4 Å². The molecule has 0 aliphatic heterocycles. The van der Waals surface area contributed by atoms with Gasteiger partial charge in [0.05, 0.1) is 18.5 Å².